The monoisotopic (exact) mass is 331 g/mol. The lowest BCUT2D eigenvalue weighted by atomic mass is 9.91. The Morgan fingerprint density at radius 3 is 2.70 bits per heavy atom. The van der Waals surface area contributed by atoms with E-state index in [4.69, 9.17) is 15.5 Å². The summed E-state index contributed by atoms with van der Waals surface area (Å²) in [5, 5.41) is 1.96. The van der Waals surface area contributed by atoms with Crippen molar-refractivity contribution in [3.8, 4) is 0 Å². The number of pyridine rings is 1. The highest BCUT2D eigenvalue weighted by Gasteiger charge is 2.26. The third-order valence-corrected chi connectivity index (χ3v) is 5.12. The standard InChI is InChI=1S/C17H21N3O2S/c1-11-10-14(20-5-7-22-8-6-20)19-12(2)15(11)16(17(18)21)13-4-3-9-23-13/h3-4,9-10,16H,5-8H2,1-2H3,(H2,18,21). The number of amides is 1. The fourth-order valence-electron chi connectivity index (χ4n) is 3.09. The molecular weight excluding hydrogens is 310 g/mol. The molecule has 0 radical (unpaired) electrons. The van der Waals surface area contributed by atoms with Crippen LogP contribution in [-0.4, -0.2) is 37.2 Å². The summed E-state index contributed by atoms with van der Waals surface area (Å²) in [5.74, 6) is 0.183. The third-order valence-electron chi connectivity index (χ3n) is 4.18. The summed E-state index contributed by atoms with van der Waals surface area (Å²) in [6.07, 6.45) is 0. The van der Waals surface area contributed by atoms with E-state index in [9.17, 15) is 4.79 Å². The molecule has 6 heteroatoms. The van der Waals surface area contributed by atoms with Crippen molar-refractivity contribution in [1.82, 2.24) is 4.98 Å². The highest BCUT2D eigenvalue weighted by Crippen LogP contribution is 2.33. The minimum atomic E-state index is -0.429. The number of nitrogens with zero attached hydrogens (tertiary/aromatic N) is 2. The van der Waals surface area contributed by atoms with Gasteiger partial charge in [-0.2, -0.15) is 0 Å². The summed E-state index contributed by atoms with van der Waals surface area (Å²) in [5.41, 5.74) is 8.54. The second kappa shape index (κ2) is 6.68. The number of aromatic nitrogens is 1. The Bertz CT molecular complexity index is 671. The molecule has 2 N–H and O–H groups in total. The van der Waals surface area contributed by atoms with E-state index in [1.165, 1.54) is 0 Å². The molecule has 3 heterocycles. The number of aryl methyl sites for hydroxylation is 2. The molecule has 1 fully saturated rings. The van der Waals surface area contributed by atoms with Crippen LogP contribution in [-0.2, 0) is 9.53 Å². The van der Waals surface area contributed by atoms with E-state index in [0.29, 0.717) is 0 Å². The zero-order valence-corrected chi connectivity index (χ0v) is 14.2. The van der Waals surface area contributed by atoms with E-state index in [1.807, 2.05) is 31.4 Å². The number of anilines is 1. The van der Waals surface area contributed by atoms with Gasteiger partial charge < -0.3 is 15.4 Å². The van der Waals surface area contributed by atoms with Crippen molar-refractivity contribution in [1.29, 1.82) is 0 Å². The summed E-state index contributed by atoms with van der Waals surface area (Å²) in [7, 11) is 0. The molecule has 0 aromatic carbocycles. The van der Waals surface area contributed by atoms with Crippen molar-refractivity contribution in [2.75, 3.05) is 31.2 Å². The van der Waals surface area contributed by atoms with E-state index in [2.05, 4.69) is 11.0 Å². The number of primary amides is 1. The average Bonchev–Trinajstić information content (AvgIpc) is 3.05. The Balaban J connectivity index is 2.00. The minimum Gasteiger partial charge on any atom is -0.378 e. The molecule has 0 bridgehead atoms. The maximum Gasteiger partial charge on any atom is 0.230 e. The molecule has 3 rings (SSSR count). The Labute approximate surface area is 140 Å². The lowest BCUT2D eigenvalue weighted by Crippen LogP contribution is -2.37. The van der Waals surface area contributed by atoms with Gasteiger partial charge in [-0.1, -0.05) is 6.07 Å². The van der Waals surface area contributed by atoms with Gasteiger partial charge in [-0.15, -0.1) is 11.3 Å². The van der Waals surface area contributed by atoms with Gasteiger partial charge in [-0.05, 0) is 42.5 Å². The van der Waals surface area contributed by atoms with Gasteiger partial charge in [0, 0.05) is 23.7 Å². The summed E-state index contributed by atoms with van der Waals surface area (Å²) in [6, 6.07) is 5.95. The molecule has 122 valence electrons. The van der Waals surface area contributed by atoms with Gasteiger partial charge in [-0.3, -0.25) is 4.79 Å². The number of morpholine rings is 1. The first-order valence-electron chi connectivity index (χ1n) is 7.71. The number of carbonyl (C=O) groups excluding carboxylic acids is 1. The van der Waals surface area contributed by atoms with Gasteiger partial charge in [0.25, 0.3) is 0 Å². The fourth-order valence-corrected chi connectivity index (χ4v) is 3.93. The van der Waals surface area contributed by atoms with Crippen LogP contribution in [0.3, 0.4) is 0 Å². The SMILES string of the molecule is Cc1cc(N2CCOCC2)nc(C)c1C(C(N)=O)c1cccs1. The number of nitrogens with two attached hydrogens (primary N) is 1. The van der Waals surface area contributed by atoms with Crippen molar-refractivity contribution in [3.63, 3.8) is 0 Å². The van der Waals surface area contributed by atoms with E-state index >= 15 is 0 Å². The topological polar surface area (TPSA) is 68.4 Å². The predicted molar refractivity (Wildman–Crippen MR) is 92.1 cm³/mol. The highest BCUT2D eigenvalue weighted by molar-refractivity contribution is 7.10. The second-order valence-electron chi connectivity index (χ2n) is 5.75. The molecule has 23 heavy (non-hydrogen) atoms. The Morgan fingerprint density at radius 1 is 1.39 bits per heavy atom. The molecule has 1 unspecified atom stereocenters. The van der Waals surface area contributed by atoms with Crippen LogP contribution < -0.4 is 10.6 Å². The number of ether oxygens (including phenoxy) is 1. The molecule has 1 aliphatic rings. The molecule has 1 amide bonds. The number of hydrogen-bond acceptors (Lipinski definition) is 5. The number of carbonyl (C=O) groups is 1. The van der Waals surface area contributed by atoms with Crippen LogP contribution in [0, 0.1) is 13.8 Å². The molecule has 1 atom stereocenters. The van der Waals surface area contributed by atoms with Crippen molar-refractivity contribution < 1.29 is 9.53 Å². The van der Waals surface area contributed by atoms with Crippen molar-refractivity contribution in [2.24, 2.45) is 5.73 Å². The predicted octanol–water partition coefficient (Wildman–Crippen LogP) is 2.21. The maximum atomic E-state index is 12.1. The lowest BCUT2D eigenvalue weighted by Gasteiger charge is -2.29. The van der Waals surface area contributed by atoms with Crippen LogP contribution in [0.1, 0.15) is 27.6 Å². The lowest BCUT2D eigenvalue weighted by molar-refractivity contribution is -0.118. The normalized spacial score (nSPS) is 16.3. The first-order chi connectivity index (χ1) is 11.1. The van der Waals surface area contributed by atoms with Gasteiger partial charge in [-0.25, -0.2) is 4.98 Å². The van der Waals surface area contributed by atoms with E-state index < -0.39 is 5.92 Å². The molecule has 0 saturated carbocycles. The van der Waals surface area contributed by atoms with Gasteiger partial charge in [0.05, 0.1) is 19.1 Å². The van der Waals surface area contributed by atoms with Gasteiger partial charge in [0.2, 0.25) is 5.91 Å². The second-order valence-corrected chi connectivity index (χ2v) is 6.73. The first-order valence-corrected chi connectivity index (χ1v) is 8.59. The van der Waals surface area contributed by atoms with Crippen LogP contribution in [0.4, 0.5) is 5.82 Å². The number of hydrogen-bond donors (Lipinski definition) is 1. The number of rotatable bonds is 4. The van der Waals surface area contributed by atoms with E-state index in [1.54, 1.807) is 11.3 Å². The fraction of sp³-hybridized carbons (Fsp3) is 0.412. The summed E-state index contributed by atoms with van der Waals surface area (Å²) < 4.78 is 5.39. The first kappa shape index (κ1) is 16.0. The van der Waals surface area contributed by atoms with Crippen molar-refractivity contribution in [2.45, 2.75) is 19.8 Å². The summed E-state index contributed by atoms with van der Waals surface area (Å²) in [4.78, 5) is 20.0. The molecule has 5 nitrogen and oxygen atoms in total. The zero-order chi connectivity index (χ0) is 16.4. The van der Waals surface area contributed by atoms with Crippen LogP contribution in [0.15, 0.2) is 23.6 Å². The van der Waals surface area contributed by atoms with Gasteiger partial charge >= 0.3 is 0 Å². The van der Waals surface area contributed by atoms with E-state index in [-0.39, 0.29) is 5.91 Å². The molecule has 2 aromatic heterocycles. The molecule has 0 aliphatic carbocycles. The highest BCUT2D eigenvalue weighted by atomic mass is 32.1. The quantitative estimate of drug-likeness (QED) is 0.933. The zero-order valence-electron chi connectivity index (χ0n) is 13.4. The van der Waals surface area contributed by atoms with Crippen LogP contribution in [0.2, 0.25) is 0 Å². The van der Waals surface area contributed by atoms with Crippen molar-refractivity contribution in [3.05, 3.63) is 45.3 Å². The van der Waals surface area contributed by atoms with Crippen LogP contribution >= 0.6 is 11.3 Å². The Kier molecular flexibility index (Phi) is 4.63. The third kappa shape index (κ3) is 3.23. The largest absolute Gasteiger partial charge is 0.378 e. The molecule has 0 spiro atoms. The molecule has 1 saturated heterocycles. The molecule has 2 aromatic rings. The van der Waals surface area contributed by atoms with Crippen LogP contribution in [0.5, 0.6) is 0 Å². The van der Waals surface area contributed by atoms with Gasteiger partial charge in [0.15, 0.2) is 0 Å². The van der Waals surface area contributed by atoms with Crippen molar-refractivity contribution >= 4 is 23.1 Å². The number of thiophene rings is 1. The average molecular weight is 331 g/mol. The Hall–Kier alpha value is -1.92. The van der Waals surface area contributed by atoms with Gasteiger partial charge in [0.1, 0.15) is 5.82 Å². The summed E-state index contributed by atoms with van der Waals surface area (Å²) in [6.45, 7) is 7.11. The summed E-state index contributed by atoms with van der Waals surface area (Å²) >= 11 is 1.55. The molecular formula is C17H21N3O2S. The van der Waals surface area contributed by atoms with Crippen LogP contribution in [0.25, 0.3) is 0 Å². The minimum absolute atomic E-state index is 0.334. The smallest absolute Gasteiger partial charge is 0.230 e. The molecule has 1 aliphatic heterocycles. The maximum absolute atomic E-state index is 12.1. The Morgan fingerprint density at radius 2 is 2.13 bits per heavy atom. The van der Waals surface area contributed by atoms with E-state index in [0.717, 1.165) is 53.8 Å².